The number of nitrogens with zero attached hydrogens (tertiary/aromatic N) is 1. The van der Waals surface area contributed by atoms with Crippen molar-refractivity contribution < 1.29 is 5.11 Å². The molecule has 3 nitrogen and oxygen atoms in total. The number of hydrogen-bond donors (Lipinski definition) is 2. The van der Waals surface area contributed by atoms with Gasteiger partial charge in [-0.2, -0.15) is 5.10 Å². The van der Waals surface area contributed by atoms with Crippen LogP contribution in [0.3, 0.4) is 0 Å². The summed E-state index contributed by atoms with van der Waals surface area (Å²) in [5.41, 5.74) is 5.41. The lowest BCUT2D eigenvalue weighted by atomic mass is 10.00. The first-order valence-corrected chi connectivity index (χ1v) is 4.82. The maximum Gasteiger partial charge on any atom is 0.0646 e. The highest BCUT2D eigenvalue weighted by Gasteiger charge is 2.05. The number of hydrogen-bond acceptors (Lipinski definition) is 3. The number of aliphatic hydroxyl groups excluding tert-OH is 1. The van der Waals surface area contributed by atoms with E-state index in [0.717, 1.165) is 12.1 Å². The average Bonchev–Trinajstić information content (AvgIpc) is 2.14. The van der Waals surface area contributed by atoms with E-state index in [1.54, 1.807) is 0 Å². The Labute approximate surface area is 79.5 Å². The topological polar surface area (TPSA) is 44.6 Å². The molecule has 0 aromatic carbocycles. The van der Waals surface area contributed by atoms with Gasteiger partial charge in [0.05, 0.1) is 18.4 Å². The molecule has 13 heavy (non-hydrogen) atoms. The Hall–Kier alpha value is -0.830. The molecule has 0 spiro atoms. The van der Waals surface area contributed by atoms with Crippen LogP contribution in [0.4, 0.5) is 0 Å². The Kier molecular flexibility index (Phi) is 3.96. The number of rotatable bonds is 3. The fourth-order valence-corrected chi connectivity index (χ4v) is 1.30. The van der Waals surface area contributed by atoms with E-state index in [9.17, 15) is 0 Å². The molecule has 0 bridgehead atoms. The van der Waals surface area contributed by atoms with Crippen LogP contribution in [0.25, 0.3) is 0 Å². The molecule has 3 heteroatoms. The van der Waals surface area contributed by atoms with Gasteiger partial charge in [0.15, 0.2) is 0 Å². The first kappa shape index (κ1) is 10.3. The molecule has 74 valence electrons. The van der Waals surface area contributed by atoms with Gasteiger partial charge in [0.2, 0.25) is 0 Å². The molecular weight excluding hydrogens is 164 g/mol. The van der Waals surface area contributed by atoms with Crippen molar-refractivity contribution in [1.82, 2.24) is 5.43 Å². The maximum atomic E-state index is 8.77. The summed E-state index contributed by atoms with van der Waals surface area (Å²) in [7, 11) is 0. The van der Waals surface area contributed by atoms with Gasteiger partial charge in [0.25, 0.3) is 0 Å². The summed E-state index contributed by atoms with van der Waals surface area (Å²) in [6.45, 7) is 4.16. The summed E-state index contributed by atoms with van der Waals surface area (Å²) in [5.74, 6) is 0. The summed E-state index contributed by atoms with van der Waals surface area (Å²) in [4.78, 5) is 0. The van der Waals surface area contributed by atoms with Crippen molar-refractivity contribution in [2.45, 2.75) is 39.2 Å². The Morgan fingerprint density at radius 3 is 3.00 bits per heavy atom. The van der Waals surface area contributed by atoms with Crippen molar-refractivity contribution in [1.29, 1.82) is 0 Å². The molecule has 1 atom stereocenters. The fraction of sp³-hybridized carbons (Fsp3) is 0.700. The molecule has 0 aromatic heterocycles. The van der Waals surface area contributed by atoms with Crippen LogP contribution in [0.1, 0.15) is 33.1 Å². The molecule has 0 saturated heterocycles. The van der Waals surface area contributed by atoms with Crippen molar-refractivity contribution >= 4 is 5.71 Å². The SMILES string of the molecule is CC1=C/C(=N/NC(C)CO)CCC1. The van der Waals surface area contributed by atoms with Gasteiger partial charge >= 0.3 is 0 Å². The minimum Gasteiger partial charge on any atom is -0.394 e. The van der Waals surface area contributed by atoms with Crippen molar-refractivity contribution in [3.63, 3.8) is 0 Å². The van der Waals surface area contributed by atoms with Crippen molar-refractivity contribution in [2.75, 3.05) is 6.61 Å². The highest BCUT2D eigenvalue weighted by Crippen LogP contribution is 2.14. The normalized spacial score (nSPS) is 22.7. The minimum absolute atomic E-state index is 0.0446. The largest absolute Gasteiger partial charge is 0.394 e. The maximum absolute atomic E-state index is 8.77. The van der Waals surface area contributed by atoms with Crippen LogP contribution in [-0.2, 0) is 0 Å². The lowest BCUT2D eigenvalue weighted by Gasteiger charge is -2.13. The molecule has 2 N–H and O–H groups in total. The van der Waals surface area contributed by atoms with Gasteiger partial charge in [0, 0.05) is 0 Å². The van der Waals surface area contributed by atoms with E-state index in [1.807, 2.05) is 6.92 Å². The highest BCUT2D eigenvalue weighted by atomic mass is 16.3. The van der Waals surface area contributed by atoms with E-state index in [-0.39, 0.29) is 12.6 Å². The monoisotopic (exact) mass is 182 g/mol. The molecular formula is C10H18N2O. The van der Waals surface area contributed by atoms with E-state index in [4.69, 9.17) is 5.11 Å². The average molecular weight is 182 g/mol. The zero-order valence-electron chi connectivity index (χ0n) is 8.38. The Morgan fingerprint density at radius 2 is 2.38 bits per heavy atom. The summed E-state index contributed by atoms with van der Waals surface area (Å²) >= 11 is 0. The molecule has 0 amide bonds. The highest BCUT2D eigenvalue weighted by molar-refractivity contribution is 5.96. The van der Waals surface area contributed by atoms with Crippen LogP contribution in [0.15, 0.2) is 16.8 Å². The number of allylic oxidation sites excluding steroid dienone is 2. The fourth-order valence-electron chi connectivity index (χ4n) is 1.30. The molecule has 0 radical (unpaired) electrons. The van der Waals surface area contributed by atoms with Gasteiger partial charge in [-0.25, -0.2) is 0 Å². The molecule has 0 aliphatic heterocycles. The van der Waals surface area contributed by atoms with E-state index >= 15 is 0 Å². The first-order chi connectivity index (χ1) is 6.22. The van der Waals surface area contributed by atoms with Crippen molar-refractivity contribution in [3.8, 4) is 0 Å². The zero-order chi connectivity index (χ0) is 9.68. The molecule has 1 rings (SSSR count). The van der Waals surface area contributed by atoms with E-state index in [0.29, 0.717) is 0 Å². The van der Waals surface area contributed by atoms with Gasteiger partial charge in [-0.1, -0.05) is 5.57 Å². The van der Waals surface area contributed by atoms with Gasteiger partial charge < -0.3 is 10.5 Å². The quantitative estimate of drug-likeness (QED) is 0.649. The Bertz CT molecular complexity index is 221. The second-order valence-electron chi connectivity index (χ2n) is 3.66. The summed E-state index contributed by atoms with van der Waals surface area (Å²) < 4.78 is 0. The number of aliphatic hydroxyl groups is 1. The van der Waals surface area contributed by atoms with E-state index < -0.39 is 0 Å². The summed E-state index contributed by atoms with van der Waals surface area (Å²) in [5, 5.41) is 13.0. The van der Waals surface area contributed by atoms with Crippen molar-refractivity contribution in [3.05, 3.63) is 11.6 Å². The van der Waals surface area contributed by atoms with Crippen LogP contribution < -0.4 is 5.43 Å². The predicted molar refractivity (Wildman–Crippen MR) is 54.7 cm³/mol. The van der Waals surface area contributed by atoms with Gasteiger partial charge in [-0.05, 0) is 39.2 Å². The molecule has 1 unspecified atom stereocenters. The second kappa shape index (κ2) is 5.02. The smallest absolute Gasteiger partial charge is 0.0646 e. The number of nitrogens with one attached hydrogen (secondary N) is 1. The van der Waals surface area contributed by atoms with Gasteiger partial charge in [0.1, 0.15) is 0 Å². The lowest BCUT2D eigenvalue weighted by molar-refractivity contribution is 0.253. The van der Waals surface area contributed by atoms with Gasteiger partial charge in [-0.15, -0.1) is 0 Å². The summed E-state index contributed by atoms with van der Waals surface area (Å²) in [6, 6.07) is 0.0446. The molecule has 0 aromatic rings. The second-order valence-corrected chi connectivity index (χ2v) is 3.66. The standard InChI is InChI=1S/C10H18N2O/c1-8-4-3-5-10(6-8)12-11-9(2)7-13/h6,9,11,13H,3-5,7H2,1-2H3/b12-10+. The Morgan fingerprint density at radius 1 is 1.62 bits per heavy atom. The van der Waals surface area contributed by atoms with Crippen LogP contribution in [0.2, 0.25) is 0 Å². The Balaban J connectivity index is 2.46. The summed E-state index contributed by atoms with van der Waals surface area (Å²) in [6.07, 6.45) is 5.55. The zero-order valence-corrected chi connectivity index (χ0v) is 8.38. The molecule has 0 saturated carbocycles. The molecule has 1 aliphatic rings. The molecule has 1 aliphatic carbocycles. The van der Waals surface area contributed by atoms with Crippen LogP contribution in [0.5, 0.6) is 0 Å². The number of hydrazone groups is 1. The lowest BCUT2D eigenvalue weighted by Crippen LogP contribution is -2.25. The third-order valence-electron chi connectivity index (χ3n) is 2.12. The molecule has 0 heterocycles. The third-order valence-corrected chi connectivity index (χ3v) is 2.12. The van der Waals surface area contributed by atoms with Gasteiger partial charge in [-0.3, -0.25) is 0 Å². The van der Waals surface area contributed by atoms with Crippen LogP contribution in [0, 0.1) is 0 Å². The third kappa shape index (κ3) is 3.59. The van der Waals surface area contributed by atoms with Crippen LogP contribution >= 0.6 is 0 Å². The van der Waals surface area contributed by atoms with E-state index in [2.05, 4.69) is 23.5 Å². The minimum atomic E-state index is 0.0446. The van der Waals surface area contributed by atoms with Crippen molar-refractivity contribution in [2.24, 2.45) is 5.10 Å². The first-order valence-electron chi connectivity index (χ1n) is 4.82. The van der Waals surface area contributed by atoms with Crippen LogP contribution in [-0.4, -0.2) is 23.5 Å². The molecule has 0 fully saturated rings. The predicted octanol–water partition coefficient (Wildman–Crippen LogP) is 1.44. The van der Waals surface area contributed by atoms with E-state index in [1.165, 1.54) is 18.4 Å².